The molecule has 2 aromatic carbocycles. The van der Waals surface area contributed by atoms with E-state index in [1.807, 2.05) is 0 Å². The highest BCUT2D eigenvalue weighted by atomic mass is 19.1. The fraction of sp³-hybridized carbons (Fsp3) is 0.235. The summed E-state index contributed by atoms with van der Waals surface area (Å²) < 4.78 is 28.5. The minimum atomic E-state index is -0.327. The van der Waals surface area contributed by atoms with Gasteiger partial charge in [0.15, 0.2) is 11.5 Å². The first-order chi connectivity index (χ1) is 11.1. The highest BCUT2D eigenvalue weighted by molar-refractivity contribution is 5.97. The quantitative estimate of drug-likeness (QED) is 0.889. The zero-order valence-electron chi connectivity index (χ0n) is 13.2. The number of hydrogen-bond donors (Lipinski definition) is 1. The number of benzene rings is 2. The Balaban J connectivity index is 2.19. The molecule has 0 aliphatic carbocycles. The summed E-state index contributed by atoms with van der Waals surface area (Å²) in [5.74, 6) is 0.632. The van der Waals surface area contributed by atoms with Gasteiger partial charge in [-0.05, 0) is 17.7 Å². The van der Waals surface area contributed by atoms with E-state index >= 15 is 0 Å². The van der Waals surface area contributed by atoms with E-state index in [9.17, 15) is 9.18 Å². The molecule has 0 heterocycles. The minimum absolute atomic E-state index is 0.274. The maximum atomic E-state index is 12.9. The zero-order chi connectivity index (χ0) is 16.8. The number of amides is 1. The van der Waals surface area contributed by atoms with Gasteiger partial charge in [0.25, 0.3) is 5.91 Å². The molecule has 6 heteroatoms. The van der Waals surface area contributed by atoms with Crippen LogP contribution in [-0.2, 0) is 6.54 Å². The molecule has 0 saturated heterocycles. The van der Waals surface area contributed by atoms with Crippen LogP contribution in [0.4, 0.5) is 4.39 Å². The summed E-state index contributed by atoms with van der Waals surface area (Å²) in [5.41, 5.74) is 1.12. The van der Waals surface area contributed by atoms with Crippen molar-refractivity contribution in [1.82, 2.24) is 5.32 Å². The first kappa shape index (κ1) is 16.6. The van der Waals surface area contributed by atoms with Crippen molar-refractivity contribution in [3.05, 3.63) is 53.3 Å². The van der Waals surface area contributed by atoms with E-state index in [-0.39, 0.29) is 18.3 Å². The Kier molecular flexibility index (Phi) is 5.41. The molecule has 0 radical (unpaired) electrons. The van der Waals surface area contributed by atoms with Gasteiger partial charge in [-0.25, -0.2) is 4.39 Å². The van der Waals surface area contributed by atoms with Gasteiger partial charge in [0.2, 0.25) is 0 Å². The molecule has 2 rings (SSSR count). The number of halogens is 1. The Morgan fingerprint density at radius 1 is 0.957 bits per heavy atom. The number of ether oxygens (including phenoxy) is 3. The van der Waals surface area contributed by atoms with E-state index in [0.717, 1.165) is 5.56 Å². The molecule has 0 spiro atoms. The molecule has 2 aromatic rings. The Hall–Kier alpha value is -2.76. The van der Waals surface area contributed by atoms with Crippen molar-refractivity contribution in [1.29, 1.82) is 0 Å². The van der Waals surface area contributed by atoms with Crippen molar-refractivity contribution >= 4 is 5.91 Å². The van der Waals surface area contributed by atoms with Gasteiger partial charge in [0.05, 0.1) is 26.9 Å². The summed E-state index contributed by atoms with van der Waals surface area (Å²) in [7, 11) is 4.47. The molecule has 0 aromatic heterocycles. The van der Waals surface area contributed by atoms with E-state index in [1.165, 1.54) is 33.5 Å². The van der Waals surface area contributed by atoms with Crippen LogP contribution in [0.15, 0.2) is 36.4 Å². The predicted molar refractivity (Wildman–Crippen MR) is 83.7 cm³/mol. The number of carbonyl (C=O) groups is 1. The second kappa shape index (κ2) is 7.49. The number of carbonyl (C=O) groups excluding carboxylic acids is 1. The van der Waals surface area contributed by atoms with Gasteiger partial charge in [0.1, 0.15) is 11.6 Å². The highest BCUT2D eigenvalue weighted by Gasteiger charge is 2.17. The van der Waals surface area contributed by atoms with Gasteiger partial charge >= 0.3 is 0 Å². The third-order valence-electron chi connectivity index (χ3n) is 3.32. The van der Waals surface area contributed by atoms with Crippen LogP contribution < -0.4 is 19.5 Å². The normalized spacial score (nSPS) is 10.1. The lowest BCUT2D eigenvalue weighted by Gasteiger charge is -2.14. The average Bonchev–Trinajstić information content (AvgIpc) is 2.59. The summed E-state index contributed by atoms with van der Waals surface area (Å²) in [6.45, 7) is 0.274. The van der Waals surface area contributed by atoms with Crippen molar-refractivity contribution in [2.45, 2.75) is 6.54 Å². The molecule has 0 unspecified atom stereocenters. The maximum Gasteiger partial charge on any atom is 0.255 e. The zero-order valence-corrected chi connectivity index (χ0v) is 13.2. The molecule has 122 valence electrons. The Bertz CT molecular complexity index is 686. The van der Waals surface area contributed by atoms with E-state index in [0.29, 0.717) is 22.8 Å². The predicted octanol–water partition coefficient (Wildman–Crippen LogP) is 2.78. The van der Waals surface area contributed by atoms with Crippen molar-refractivity contribution in [3.63, 3.8) is 0 Å². The third kappa shape index (κ3) is 3.91. The number of hydrogen-bond acceptors (Lipinski definition) is 4. The SMILES string of the molecule is COc1cc(OC)c(C(=O)NCc2ccc(F)cc2)cc1OC. The summed E-state index contributed by atoms with van der Waals surface area (Å²) in [6.07, 6.45) is 0. The van der Waals surface area contributed by atoms with E-state index in [4.69, 9.17) is 14.2 Å². The van der Waals surface area contributed by atoms with E-state index in [2.05, 4.69) is 5.32 Å². The highest BCUT2D eigenvalue weighted by Crippen LogP contribution is 2.34. The van der Waals surface area contributed by atoms with Crippen LogP contribution in [0.1, 0.15) is 15.9 Å². The van der Waals surface area contributed by atoms with E-state index in [1.54, 1.807) is 24.3 Å². The second-order valence-electron chi connectivity index (χ2n) is 4.72. The third-order valence-corrected chi connectivity index (χ3v) is 3.32. The summed E-state index contributed by atoms with van der Waals surface area (Å²) in [6, 6.07) is 9.06. The van der Waals surface area contributed by atoms with Crippen LogP contribution in [0, 0.1) is 5.82 Å². The molecule has 0 bridgehead atoms. The van der Waals surface area contributed by atoms with Gasteiger partial charge < -0.3 is 19.5 Å². The maximum absolute atomic E-state index is 12.9. The van der Waals surface area contributed by atoms with E-state index < -0.39 is 0 Å². The molecule has 0 atom stereocenters. The summed E-state index contributed by atoms with van der Waals surface area (Å²) in [4.78, 5) is 12.4. The molecule has 1 N–H and O–H groups in total. The van der Waals surface area contributed by atoms with Crippen molar-refractivity contribution in [2.24, 2.45) is 0 Å². The molecule has 0 saturated carbocycles. The Labute approximate surface area is 134 Å². The monoisotopic (exact) mass is 319 g/mol. The van der Waals surface area contributed by atoms with Gasteiger partial charge in [-0.2, -0.15) is 0 Å². The van der Waals surface area contributed by atoms with Crippen LogP contribution in [0.5, 0.6) is 17.2 Å². The molecular formula is C17H18FNO4. The van der Waals surface area contributed by atoms with Gasteiger partial charge in [-0.1, -0.05) is 12.1 Å². The van der Waals surface area contributed by atoms with Crippen LogP contribution in [0.3, 0.4) is 0 Å². The second-order valence-corrected chi connectivity index (χ2v) is 4.72. The first-order valence-electron chi connectivity index (χ1n) is 6.91. The molecule has 23 heavy (non-hydrogen) atoms. The molecule has 0 aliphatic rings. The molecule has 0 aliphatic heterocycles. The molecule has 0 fully saturated rings. The lowest BCUT2D eigenvalue weighted by Crippen LogP contribution is -2.23. The van der Waals surface area contributed by atoms with Crippen LogP contribution in [0.25, 0.3) is 0 Å². The van der Waals surface area contributed by atoms with Crippen LogP contribution in [-0.4, -0.2) is 27.2 Å². The fourth-order valence-corrected chi connectivity index (χ4v) is 2.09. The lowest BCUT2D eigenvalue weighted by molar-refractivity contribution is 0.0947. The lowest BCUT2D eigenvalue weighted by atomic mass is 10.1. The number of methoxy groups -OCH3 is 3. The van der Waals surface area contributed by atoms with Gasteiger partial charge in [-0.3, -0.25) is 4.79 Å². The number of nitrogens with one attached hydrogen (secondary N) is 1. The van der Waals surface area contributed by atoms with Crippen LogP contribution in [0.2, 0.25) is 0 Å². The molecular weight excluding hydrogens is 301 g/mol. The molecule has 5 nitrogen and oxygen atoms in total. The minimum Gasteiger partial charge on any atom is -0.496 e. The summed E-state index contributed by atoms with van der Waals surface area (Å²) in [5, 5.41) is 2.76. The van der Waals surface area contributed by atoms with Crippen molar-refractivity contribution in [3.8, 4) is 17.2 Å². The van der Waals surface area contributed by atoms with Gasteiger partial charge in [0, 0.05) is 18.7 Å². The fourth-order valence-electron chi connectivity index (χ4n) is 2.09. The van der Waals surface area contributed by atoms with Crippen molar-refractivity contribution in [2.75, 3.05) is 21.3 Å². The topological polar surface area (TPSA) is 56.8 Å². The largest absolute Gasteiger partial charge is 0.496 e. The molecule has 1 amide bonds. The smallest absolute Gasteiger partial charge is 0.255 e. The van der Waals surface area contributed by atoms with Crippen LogP contribution >= 0.6 is 0 Å². The Morgan fingerprint density at radius 3 is 2.09 bits per heavy atom. The average molecular weight is 319 g/mol. The summed E-state index contributed by atoms with van der Waals surface area (Å²) >= 11 is 0. The first-order valence-corrected chi connectivity index (χ1v) is 6.91. The standard InChI is InChI=1S/C17H18FNO4/c1-21-14-9-16(23-3)15(22-2)8-13(14)17(20)19-10-11-4-6-12(18)7-5-11/h4-9H,10H2,1-3H3,(H,19,20). The number of rotatable bonds is 6. The van der Waals surface area contributed by atoms with Crippen molar-refractivity contribution < 1.29 is 23.4 Å². The Morgan fingerprint density at radius 2 is 1.52 bits per heavy atom. The van der Waals surface area contributed by atoms with Gasteiger partial charge in [-0.15, -0.1) is 0 Å².